The smallest absolute Gasteiger partial charge is 0.227 e. The second kappa shape index (κ2) is 8.54. The van der Waals surface area contributed by atoms with E-state index in [4.69, 9.17) is 9.47 Å². The molecule has 2 aliphatic heterocycles. The Morgan fingerprint density at radius 1 is 1.15 bits per heavy atom. The summed E-state index contributed by atoms with van der Waals surface area (Å²) in [6, 6.07) is 6.17. The molecule has 1 atom stereocenters. The predicted octanol–water partition coefficient (Wildman–Crippen LogP) is 1.51. The van der Waals surface area contributed by atoms with Gasteiger partial charge in [-0.3, -0.25) is 9.59 Å². The van der Waals surface area contributed by atoms with Crippen LogP contribution in [0.25, 0.3) is 0 Å². The molecule has 0 aliphatic carbocycles. The maximum Gasteiger partial charge on any atom is 0.227 e. The van der Waals surface area contributed by atoms with Crippen LogP contribution in [-0.2, 0) is 27.2 Å². The van der Waals surface area contributed by atoms with Crippen molar-refractivity contribution >= 4 is 11.8 Å². The van der Waals surface area contributed by atoms with Crippen molar-refractivity contribution in [3.05, 3.63) is 29.3 Å². The van der Waals surface area contributed by atoms with E-state index in [1.807, 2.05) is 11.0 Å². The van der Waals surface area contributed by atoms with Crippen LogP contribution in [0.1, 0.15) is 24.0 Å². The van der Waals surface area contributed by atoms with Gasteiger partial charge in [0, 0.05) is 39.7 Å². The quantitative estimate of drug-likeness (QED) is 0.799. The molecule has 0 unspecified atom stereocenters. The second-order valence-electron chi connectivity index (χ2n) is 7.03. The van der Waals surface area contributed by atoms with E-state index in [2.05, 4.69) is 12.1 Å². The molecule has 2 heterocycles. The van der Waals surface area contributed by atoms with Crippen molar-refractivity contribution < 1.29 is 19.1 Å². The normalized spacial score (nSPS) is 20.5. The largest absolute Gasteiger partial charge is 0.497 e. The van der Waals surface area contributed by atoms with Crippen molar-refractivity contribution in [2.24, 2.45) is 5.92 Å². The molecule has 0 spiro atoms. The molecule has 1 saturated heterocycles. The Kier molecular flexibility index (Phi) is 6.14. The van der Waals surface area contributed by atoms with Crippen LogP contribution in [0.5, 0.6) is 5.75 Å². The average Bonchev–Trinajstić information content (AvgIpc) is 2.88. The van der Waals surface area contributed by atoms with Gasteiger partial charge in [-0.2, -0.15) is 0 Å². The molecule has 0 N–H and O–H groups in total. The van der Waals surface area contributed by atoms with Gasteiger partial charge >= 0.3 is 0 Å². The van der Waals surface area contributed by atoms with Crippen molar-refractivity contribution in [1.29, 1.82) is 0 Å². The molecular formula is C20H28N2O4. The Labute approximate surface area is 155 Å². The third-order valence-corrected chi connectivity index (χ3v) is 5.44. The highest BCUT2D eigenvalue weighted by atomic mass is 16.5. The van der Waals surface area contributed by atoms with Gasteiger partial charge in [0.2, 0.25) is 11.8 Å². The van der Waals surface area contributed by atoms with Crippen molar-refractivity contribution in [3.8, 4) is 5.75 Å². The van der Waals surface area contributed by atoms with Gasteiger partial charge in [-0.05, 0) is 42.5 Å². The number of methoxy groups -OCH3 is 2. The standard InChI is InChI=1S/C20H28N2O4/c1-25-12-11-22-14-17(4-6-19(22)23)20(24)21-9-7-15-3-5-18(26-2)13-16(15)8-10-21/h3,5,13,17H,4,6-12,14H2,1-2H3/t17-/m1/s1. The lowest BCUT2D eigenvalue weighted by molar-refractivity contribution is -0.143. The van der Waals surface area contributed by atoms with Gasteiger partial charge in [0.1, 0.15) is 5.75 Å². The third kappa shape index (κ3) is 4.18. The molecule has 0 saturated carbocycles. The minimum atomic E-state index is -0.0969. The summed E-state index contributed by atoms with van der Waals surface area (Å²) in [4.78, 5) is 28.8. The number of rotatable bonds is 5. The van der Waals surface area contributed by atoms with Gasteiger partial charge in [0.15, 0.2) is 0 Å². The summed E-state index contributed by atoms with van der Waals surface area (Å²) in [5.41, 5.74) is 2.56. The zero-order valence-electron chi connectivity index (χ0n) is 15.7. The van der Waals surface area contributed by atoms with Crippen LogP contribution in [-0.4, -0.2) is 68.6 Å². The van der Waals surface area contributed by atoms with Crippen LogP contribution in [0, 0.1) is 5.92 Å². The van der Waals surface area contributed by atoms with Crippen LogP contribution < -0.4 is 4.74 Å². The second-order valence-corrected chi connectivity index (χ2v) is 7.03. The summed E-state index contributed by atoms with van der Waals surface area (Å²) in [7, 11) is 3.30. The fourth-order valence-corrected chi connectivity index (χ4v) is 3.84. The van der Waals surface area contributed by atoms with Gasteiger partial charge in [-0.15, -0.1) is 0 Å². The number of benzene rings is 1. The average molecular weight is 360 g/mol. The van der Waals surface area contributed by atoms with E-state index in [1.54, 1.807) is 19.1 Å². The van der Waals surface area contributed by atoms with Gasteiger partial charge in [0.25, 0.3) is 0 Å². The highest BCUT2D eigenvalue weighted by Gasteiger charge is 2.33. The number of fused-ring (bicyclic) bond motifs is 1. The molecule has 142 valence electrons. The number of nitrogens with zero attached hydrogens (tertiary/aromatic N) is 2. The molecule has 26 heavy (non-hydrogen) atoms. The summed E-state index contributed by atoms with van der Waals surface area (Å²) in [6.07, 6.45) is 2.81. The van der Waals surface area contributed by atoms with E-state index < -0.39 is 0 Å². The minimum Gasteiger partial charge on any atom is -0.497 e. The van der Waals surface area contributed by atoms with E-state index >= 15 is 0 Å². The van der Waals surface area contributed by atoms with Gasteiger partial charge < -0.3 is 19.3 Å². The zero-order chi connectivity index (χ0) is 18.5. The number of amides is 2. The molecular weight excluding hydrogens is 332 g/mol. The maximum absolute atomic E-state index is 13.0. The first-order valence-corrected chi connectivity index (χ1v) is 9.33. The Balaban J connectivity index is 1.62. The van der Waals surface area contributed by atoms with Crippen LogP contribution in [0.15, 0.2) is 18.2 Å². The van der Waals surface area contributed by atoms with Gasteiger partial charge in [0.05, 0.1) is 19.6 Å². The number of ether oxygens (including phenoxy) is 2. The Bertz CT molecular complexity index is 661. The number of carbonyl (C=O) groups is 2. The summed E-state index contributed by atoms with van der Waals surface area (Å²) < 4.78 is 10.4. The molecule has 1 fully saturated rings. The lowest BCUT2D eigenvalue weighted by Crippen LogP contribution is -2.48. The molecule has 0 radical (unpaired) electrons. The van der Waals surface area contributed by atoms with E-state index in [0.29, 0.717) is 32.5 Å². The maximum atomic E-state index is 13.0. The molecule has 3 rings (SSSR count). The molecule has 1 aromatic rings. The molecule has 0 bridgehead atoms. The fourth-order valence-electron chi connectivity index (χ4n) is 3.84. The van der Waals surface area contributed by atoms with Crippen molar-refractivity contribution in [2.45, 2.75) is 25.7 Å². The van der Waals surface area contributed by atoms with Crippen molar-refractivity contribution in [2.75, 3.05) is 47.0 Å². The Morgan fingerprint density at radius 3 is 2.65 bits per heavy atom. The molecule has 1 aromatic carbocycles. The lowest BCUT2D eigenvalue weighted by Gasteiger charge is -2.34. The van der Waals surface area contributed by atoms with Crippen molar-refractivity contribution in [3.63, 3.8) is 0 Å². The summed E-state index contributed by atoms with van der Waals surface area (Å²) in [5, 5.41) is 0. The number of piperidine rings is 1. The SMILES string of the molecule is COCCN1C[C@H](C(=O)N2CCc3ccc(OC)cc3CC2)CCC1=O. The van der Waals surface area contributed by atoms with Crippen LogP contribution >= 0.6 is 0 Å². The van der Waals surface area contributed by atoms with E-state index in [-0.39, 0.29) is 17.7 Å². The topological polar surface area (TPSA) is 59.1 Å². The minimum absolute atomic E-state index is 0.0969. The molecule has 2 amide bonds. The summed E-state index contributed by atoms with van der Waals surface area (Å²) in [6.45, 7) is 3.04. The third-order valence-electron chi connectivity index (χ3n) is 5.44. The van der Waals surface area contributed by atoms with E-state index in [0.717, 1.165) is 31.7 Å². The predicted molar refractivity (Wildman–Crippen MR) is 98.2 cm³/mol. The molecule has 6 nitrogen and oxygen atoms in total. The molecule has 0 aromatic heterocycles. The molecule has 6 heteroatoms. The van der Waals surface area contributed by atoms with Crippen LogP contribution in [0.4, 0.5) is 0 Å². The summed E-state index contributed by atoms with van der Waals surface area (Å²) in [5.74, 6) is 1.07. The van der Waals surface area contributed by atoms with Gasteiger partial charge in [-0.1, -0.05) is 6.07 Å². The first-order valence-electron chi connectivity index (χ1n) is 9.33. The number of carbonyl (C=O) groups excluding carboxylic acids is 2. The Morgan fingerprint density at radius 2 is 1.92 bits per heavy atom. The summed E-state index contributed by atoms with van der Waals surface area (Å²) >= 11 is 0. The van der Waals surface area contributed by atoms with Crippen molar-refractivity contribution in [1.82, 2.24) is 9.80 Å². The van der Waals surface area contributed by atoms with Gasteiger partial charge in [-0.25, -0.2) is 0 Å². The highest BCUT2D eigenvalue weighted by molar-refractivity contribution is 5.84. The first kappa shape index (κ1) is 18.7. The number of hydrogen-bond donors (Lipinski definition) is 0. The monoisotopic (exact) mass is 360 g/mol. The Hall–Kier alpha value is -2.08. The lowest BCUT2D eigenvalue weighted by atomic mass is 9.96. The number of likely N-dealkylation sites (tertiary alicyclic amines) is 1. The van der Waals surface area contributed by atoms with Crippen LogP contribution in [0.3, 0.4) is 0 Å². The molecule has 2 aliphatic rings. The first-order chi connectivity index (χ1) is 12.6. The highest BCUT2D eigenvalue weighted by Crippen LogP contribution is 2.24. The zero-order valence-corrected chi connectivity index (χ0v) is 15.7. The number of hydrogen-bond acceptors (Lipinski definition) is 4. The fraction of sp³-hybridized carbons (Fsp3) is 0.600. The van der Waals surface area contributed by atoms with E-state index in [1.165, 1.54) is 11.1 Å². The van der Waals surface area contributed by atoms with E-state index in [9.17, 15) is 9.59 Å². The van der Waals surface area contributed by atoms with Crippen LogP contribution in [0.2, 0.25) is 0 Å².